The Hall–Kier alpha value is -1.98. The second-order valence-corrected chi connectivity index (χ2v) is 6.87. The summed E-state index contributed by atoms with van der Waals surface area (Å²) >= 11 is 3.47. The fourth-order valence-corrected chi connectivity index (χ4v) is 3.00. The molecular formula is C20H22BrN3O. The summed E-state index contributed by atoms with van der Waals surface area (Å²) in [5, 5.41) is 7.59. The predicted molar refractivity (Wildman–Crippen MR) is 103 cm³/mol. The lowest BCUT2D eigenvalue weighted by molar-refractivity contribution is 0.356. The van der Waals surface area contributed by atoms with Crippen LogP contribution in [0.2, 0.25) is 0 Å². The van der Waals surface area contributed by atoms with Gasteiger partial charge in [-0.1, -0.05) is 71.3 Å². The van der Waals surface area contributed by atoms with Crippen LogP contribution in [0.3, 0.4) is 0 Å². The van der Waals surface area contributed by atoms with E-state index in [9.17, 15) is 0 Å². The molecule has 0 spiro atoms. The topological polar surface area (TPSA) is 51.0 Å². The first-order valence-corrected chi connectivity index (χ1v) is 9.39. The zero-order valence-corrected chi connectivity index (χ0v) is 16.1. The van der Waals surface area contributed by atoms with Crippen LogP contribution in [0.4, 0.5) is 0 Å². The molecule has 130 valence electrons. The molecule has 1 atom stereocenters. The minimum absolute atomic E-state index is 0.257. The first kappa shape index (κ1) is 17.8. The monoisotopic (exact) mass is 399 g/mol. The molecule has 5 heteroatoms. The second-order valence-electron chi connectivity index (χ2n) is 5.96. The van der Waals surface area contributed by atoms with Crippen molar-refractivity contribution in [2.24, 2.45) is 0 Å². The highest BCUT2D eigenvalue weighted by Gasteiger charge is 2.12. The second kappa shape index (κ2) is 8.41. The van der Waals surface area contributed by atoms with E-state index in [0.29, 0.717) is 18.3 Å². The molecule has 0 aliphatic carbocycles. The summed E-state index contributed by atoms with van der Waals surface area (Å²) in [6.07, 6.45) is 2.01. The summed E-state index contributed by atoms with van der Waals surface area (Å²) in [5.74, 6) is 1.24. The van der Waals surface area contributed by atoms with Crippen LogP contribution < -0.4 is 5.32 Å². The van der Waals surface area contributed by atoms with Gasteiger partial charge in [-0.05, 0) is 36.1 Å². The maximum Gasteiger partial charge on any atom is 0.240 e. The van der Waals surface area contributed by atoms with E-state index in [2.05, 4.69) is 81.6 Å². The van der Waals surface area contributed by atoms with Gasteiger partial charge in [-0.25, -0.2) is 0 Å². The van der Waals surface area contributed by atoms with Crippen molar-refractivity contribution < 1.29 is 4.52 Å². The quantitative estimate of drug-likeness (QED) is 0.585. The van der Waals surface area contributed by atoms with E-state index in [0.717, 1.165) is 22.9 Å². The van der Waals surface area contributed by atoms with E-state index < -0.39 is 0 Å². The van der Waals surface area contributed by atoms with Gasteiger partial charge in [0.05, 0.1) is 6.54 Å². The van der Waals surface area contributed by atoms with Gasteiger partial charge in [0.25, 0.3) is 0 Å². The van der Waals surface area contributed by atoms with Crippen LogP contribution in [0.25, 0.3) is 11.4 Å². The fourth-order valence-electron chi connectivity index (χ4n) is 2.74. The molecule has 3 rings (SSSR count). The summed E-state index contributed by atoms with van der Waals surface area (Å²) in [4.78, 5) is 4.50. The number of aromatic nitrogens is 2. The Morgan fingerprint density at radius 1 is 1.04 bits per heavy atom. The Bertz CT molecular complexity index is 797. The minimum Gasteiger partial charge on any atom is -0.338 e. The standard InChI is InChI=1S/C20H22BrN3O/c1-3-14-5-7-16(8-6-14)20-23-19(25-24-20)13-22-18(4-2)15-9-11-17(21)12-10-15/h5-12,18,22H,3-4,13H2,1-2H3/t18-/m0/s1. The number of nitrogens with zero attached hydrogens (tertiary/aromatic N) is 2. The van der Waals surface area contributed by atoms with Gasteiger partial charge in [0.15, 0.2) is 0 Å². The molecule has 1 heterocycles. The van der Waals surface area contributed by atoms with E-state index in [1.54, 1.807) is 0 Å². The summed E-state index contributed by atoms with van der Waals surface area (Å²) in [6, 6.07) is 16.9. The van der Waals surface area contributed by atoms with Crippen molar-refractivity contribution in [1.29, 1.82) is 0 Å². The van der Waals surface area contributed by atoms with Crippen molar-refractivity contribution in [3.05, 3.63) is 70.0 Å². The van der Waals surface area contributed by atoms with Crippen LogP contribution in [-0.4, -0.2) is 10.1 Å². The lowest BCUT2D eigenvalue weighted by Gasteiger charge is -2.16. The van der Waals surface area contributed by atoms with Crippen LogP contribution in [0, 0.1) is 0 Å². The van der Waals surface area contributed by atoms with Crippen molar-refractivity contribution in [2.45, 2.75) is 39.3 Å². The number of hydrogen-bond acceptors (Lipinski definition) is 4. The molecule has 2 aromatic carbocycles. The van der Waals surface area contributed by atoms with Crippen molar-refractivity contribution in [2.75, 3.05) is 0 Å². The summed E-state index contributed by atoms with van der Waals surface area (Å²) < 4.78 is 6.48. The summed E-state index contributed by atoms with van der Waals surface area (Å²) in [5.41, 5.74) is 3.53. The summed E-state index contributed by atoms with van der Waals surface area (Å²) in [7, 11) is 0. The number of rotatable bonds is 7. The number of aryl methyl sites for hydroxylation is 1. The lowest BCUT2D eigenvalue weighted by Crippen LogP contribution is -2.20. The molecule has 0 unspecified atom stereocenters. The van der Waals surface area contributed by atoms with Crippen molar-refractivity contribution in [3.63, 3.8) is 0 Å². The molecule has 0 saturated heterocycles. The third kappa shape index (κ3) is 4.55. The predicted octanol–water partition coefficient (Wildman–Crippen LogP) is 5.30. The van der Waals surface area contributed by atoms with Crippen LogP contribution in [0.1, 0.15) is 43.3 Å². The van der Waals surface area contributed by atoms with Crippen molar-refractivity contribution in [3.8, 4) is 11.4 Å². The van der Waals surface area contributed by atoms with Gasteiger partial charge in [0.1, 0.15) is 0 Å². The van der Waals surface area contributed by atoms with E-state index in [4.69, 9.17) is 4.52 Å². The van der Waals surface area contributed by atoms with Gasteiger partial charge in [0.2, 0.25) is 11.7 Å². The molecule has 4 nitrogen and oxygen atoms in total. The zero-order valence-electron chi connectivity index (χ0n) is 14.5. The van der Waals surface area contributed by atoms with E-state index >= 15 is 0 Å². The number of hydrogen-bond donors (Lipinski definition) is 1. The molecule has 0 aliphatic heterocycles. The third-order valence-corrected chi connectivity index (χ3v) is 4.80. The molecule has 0 radical (unpaired) electrons. The molecule has 1 aromatic heterocycles. The van der Waals surface area contributed by atoms with Crippen LogP contribution in [0.5, 0.6) is 0 Å². The SMILES string of the molecule is CCc1ccc(-c2noc(CN[C@@H](CC)c3ccc(Br)cc3)n2)cc1. The van der Waals surface area contributed by atoms with Gasteiger partial charge < -0.3 is 9.84 Å². The number of benzene rings is 2. The average Bonchev–Trinajstić information content (AvgIpc) is 3.12. The van der Waals surface area contributed by atoms with E-state index in [-0.39, 0.29) is 6.04 Å². The average molecular weight is 400 g/mol. The van der Waals surface area contributed by atoms with Crippen LogP contribution in [-0.2, 0) is 13.0 Å². The lowest BCUT2D eigenvalue weighted by atomic mass is 10.0. The molecule has 3 aromatic rings. The van der Waals surface area contributed by atoms with Crippen LogP contribution in [0.15, 0.2) is 57.5 Å². The molecule has 0 amide bonds. The van der Waals surface area contributed by atoms with Gasteiger partial charge in [-0.15, -0.1) is 0 Å². The largest absolute Gasteiger partial charge is 0.338 e. The molecule has 0 bridgehead atoms. The molecule has 0 aliphatic rings. The summed E-state index contributed by atoms with van der Waals surface area (Å²) in [6.45, 7) is 4.85. The highest BCUT2D eigenvalue weighted by molar-refractivity contribution is 9.10. The Morgan fingerprint density at radius 2 is 1.76 bits per heavy atom. The van der Waals surface area contributed by atoms with Gasteiger partial charge in [-0.3, -0.25) is 0 Å². The molecule has 1 N–H and O–H groups in total. The smallest absolute Gasteiger partial charge is 0.240 e. The Labute approximate surface area is 156 Å². The number of halogens is 1. The van der Waals surface area contributed by atoms with Crippen molar-refractivity contribution >= 4 is 15.9 Å². The van der Waals surface area contributed by atoms with Gasteiger partial charge >= 0.3 is 0 Å². The Balaban J connectivity index is 1.65. The van der Waals surface area contributed by atoms with E-state index in [1.165, 1.54) is 11.1 Å². The van der Waals surface area contributed by atoms with Gasteiger partial charge in [0, 0.05) is 16.1 Å². The van der Waals surface area contributed by atoms with Crippen molar-refractivity contribution in [1.82, 2.24) is 15.5 Å². The maximum absolute atomic E-state index is 5.39. The molecular weight excluding hydrogens is 378 g/mol. The zero-order chi connectivity index (χ0) is 17.6. The first-order valence-electron chi connectivity index (χ1n) is 8.60. The highest BCUT2D eigenvalue weighted by Crippen LogP contribution is 2.21. The Kier molecular flexibility index (Phi) is 6.00. The van der Waals surface area contributed by atoms with Gasteiger partial charge in [-0.2, -0.15) is 4.98 Å². The maximum atomic E-state index is 5.39. The normalized spacial score (nSPS) is 12.3. The van der Waals surface area contributed by atoms with Crippen LogP contribution >= 0.6 is 15.9 Å². The molecule has 0 fully saturated rings. The molecule has 25 heavy (non-hydrogen) atoms. The first-order chi connectivity index (χ1) is 12.2. The highest BCUT2D eigenvalue weighted by atomic mass is 79.9. The third-order valence-electron chi connectivity index (χ3n) is 4.27. The fraction of sp³-hybridized carbons (Fsp3) is 0.300. The molecule has 0 saturated carbocycles. The number of nitrogens with one attached hydrogen (secondary N) is 1. The Morgan fingerprint density at radius 3 is 2.40 bits per heavy atom. The van der Waals surface area contributed by atoms with E-state index in [1.807, 2.05) is 12.1 Å². The minimum atomic E-state index is 0.257.